The summed E-state index contributed by atoms with van der Waals surface area (Å²) >= 11 is 0. The molecule has 1 fully saturated rings. The molecule has 1 aliphatic heterocycles. The molecular weight excluding hydrogens is 384 g/mol. The van der Waals surface area contributed by atoms with Gasteiger partial charge in [-0.25, -0.2) is 0 Å². The van der Waals surface area contributed by atoms with Gasteiger partial charge in [-0.15, -0.1) is 0 Å². The van der Waals surface area contributed by atoms with Crippen LogP contribution in [0.3, 0.4) is 0 Å². The lowest BCUT2D eigenvalue weighted by molar-refractivity contribution is -0.140. The number of ketones is 1. The van der Waals surface area contributed by atoms with Crippen LogP contribution in [0.25, 0.3) is 5.76 Å². The zero-order valence-corrected chi connectivity index (χ0v) is 17.6. The van der Waals surface area contributed by atoms with Gasteiger partial charge >= 0.3 is 0 Å². The van der Waals surface area contributed by atoms with Crippen LogP contribution in [0, 0.1) is 0 Å². The van der Waals surface area contributed by atoms with E-state index in [4.69, 9.17) is 9.15 Å². The second kappa shape index (κ2) is 9.63. The van der Waals surface area contributed by atoms with E-state index in [1.807, 2.05) is 0 Å². The van der Waals surface area contributed by atoms with Crippen LogP contribution in [0.15, 0.2) is 52.7 Å². The SMILES string of the molecule is CCN(CC)CCCN1C(=O)C(=O)/C(=C(/O)c2cccc(OC)c2)[C@@H]1c1ccco1. The Morgan fingerprint density at radius 1 is 1.20 bits per heavy atom. The molecule has 0 unspecified atom stereocenters. The first-order valence-corrected chi connectivity index (χ1v) is 10.2. The van der Waals surface area contributed by atoms with Gasteiger partial charge in [0.2, 0.25) is 0 Å². The van der Waals surface area contributed by atoms with Crippen molar-refractivity contribution in [1.29, 1.82) is 0 Å². The second-order valence-electron chi connectivity index (χ2n) is 7.12. The van der Waals surface area contributed by atoms with E-state index in [9.17, 15) is 14.7 Å². The molecule has 0 spiro atoms. The first-order chi connectivity index (χ1) is 14.5. The quantitative estimate of drug-likeness (QED) is 0.386. The molecule has 0 bridgehead atoms. The molecule has 0 saturated carbocycles. The predicted octanol–water partition coefficient (Wildman–Crippen LogP) is 3.44. The van der Waals surface area contributed by atoms with E-state index in [0.717, 1.165) is 19.6 Å². The molecule has 1 amide bonds. The van der Waals surface area contributed by atoms with Crippen molar-refractivity contribution in [2.75, 3.05) is 33.3 Å². The lowest BCUT2D eigenvalue weighted by Crippen LogP contribution is -2.33. The lowest BCUT2D eigenvalue weighted by Gasteiger charge is -2.25. The zero-order chi connectivity index (χ0) is 21.7. The summed E-state index contributed by atoms with van der Waals surface area (Å²) in [5, 5.41) is 11.0. The van der Waals surface area contributed by atoms with E-state index < -0.39 is 17.7 Å². The number of rotatable bonds is 9. The summed E-state index contributed by atoms with van der Waals surface area (Å²) < 4.78 is 10.8. The van der Waals surface area contributed by atoms with Crippen molar-refractivity contribution in [3.8, 4) is 5.75 Å². The number of hydrogen-bond acceptors (Lipinski definition) is 6. The maximum absolute atomic E-state index is 12.9. The van der Waals surface area contributed by atoms with Crippen LogP contribution in [0.1, 0.15) is 37.6 Å². The van der Waals surface area contributed by atoms with Crippen LogP contribution in [0.4, 0.5) is 0 Å². The fraction of sp³-hybridized carbons (Fsp3) is 0.391. The number of furan rings is 1. The van der Waals surface area contributed by atoms with E-state index in [0.29, 0.717) is 30.0 Å². The first kappa shape index (κ1) is 21.6. The fourth-order valence-corrected chi connectivity index (χ4v) is 3.78. The van der Waals surface area contributed by atoms with E-state index in [1.54, 1.807) is 36.4 Å². The number of carbonyl (C=O) groups excluding carboxylic acids is 2. The van der Waals surface area contributed by atoms with Gasteiger partial charge in [-0.1, -0.05) is 26.0 Å². The number of aliphatic hydroxyl groups is 1. The maximum Gasteiger partial charge on any atom is 0.295 e. The van der Waals surface area contributed by atoms with E-state index in [2.05, 4.69) is 18.7 Å². The summed E-state index contributed by atoms with van der Waals surface area (Å²) in [7, 11) is 1.52. The number of hydrogen-bond donors (Lipinski definition) is 1. The summed E-state index contributed by atoms with van der Waals surface area (Å²) in [6.07, 6.45) is 2.21. The van der Waals surface area contributed by atoms with Crippen LogP contribution >= 0.6 is 0 Å². The molecular formula is C23H28N2O5. The number of carbonyl (C=O) groups is 2. The third kappa shape index (κ3) is 4.26. The van der Waals surface area contributed by atoms with Crippen LogP contribution < -0.4 is 4.74 Å². The number of nitrogens with zero attached hydrogens (tertiary/aromatic N) is 2. The molecule has 30 heavy (non-hydrogen) atoms. The van der Waals surface area contributed by atoms with Crippen molar-refractivity contribution >= 4 is 17.4 Å². The highest BCUT2D eigenvalue weighted by Crippen LogP contribution is 2.39. The summed E-state index contributed by atoms with van der Waals surface area (Å²) in [6, 6.07) is 9.42. The summed E-state index contributed by atoms with van der Waals surface area (Å²) in [5.74, 6) is -0.580. The Hall–Kier alpha value is -3.06. The van der Waals surface area contributed by atoms with Crippen molar-refractivity contribution in [3.63, 3.8) is 0 Å². The Kier molecular flexibility index (Phi) is 6.95. The molecule has 160 valence electrons. The van der Waals surface area contributed by atoms with Gasteiger partial charge in [0, 0.05) is 12.1 Å². The molecule has 1 N–H and O–H groups in total. The number of benzene rings is 1. The molecule has 0 radical (unpaired) electrons. The lowest BCUT2D eigenvalue weighted by atomic mass is 9.99. The van der Waals surface area contributed by atoms with E-state index in [-0.39, 0.29) is 11.3 Å². The highest BCUT2D eigenvalue weighted by Gasteiger charge is 2.47. The number of methoxy groups -OCH3 is 1. The normalized spacial score (nSPS) is 18.4. The van der Waals surface area contributed by atoms with Crippen molar-refractivity contribution in [2.24, 2.45) is 0 Å². The third-order valence-electron chi connectivity index (χ3n) is 5.46. The Morgan fingerprint density at radius 3 is 2.60 bits per heavy atom. The van der Waals surface area contributed by atoms with Gasteiger partial charge in [0.15, 0.2) is 0 Å². The molecule has 3 rings (SSSR count). The van der Waals surface area contributed by atoms with Gasteiger partial charge in [0.25, 0.3) is 11.7 Å². The van der Waals surface area contributed by atoms with E-state index in [1.165, 1.54) is 18.3 Å². The molecule has 1 saturated heterocycles. The van der Waals surface area contributed by atoms with Crippen molar-refractivity contribution in [2.45, 2.75) is 26.3 Å². The van der Waals surface area contributed by atoms with E-state index >= 15 is 0 Å². The molecule has 1 atom stereocenters. The van der Waals surface area contributed by atoms with Crippen molar-refractivity contribution in [3.05, 3.63) is 59.6 Å². The third-order valence-corrected chi connectivity index (χ3v) is 5.46. The molecule has 0 aliphatic carbocycles. The van der Waals surface area contributed by atoms with Gasteiger partial charge in [-0.05, 0) is 50.3 Å². The fourth-order valence-electron chi connectivity index (χ4n) is 3.78. The largest absolute Gasteiger partial charge is 0.507 e. The molecule has 1 aromatic heterocycles. The van der Waals surface area contributed by atoms with Crippen molar-refractivity contribution in [1.82, 2.24) is 9.80 Å². The van der Waals surface area contributed by atoms with Gasteiger partial charge < -0.3 is 24.1 Å². The monoisotopic (exact) mass is 412 g/mol. The Bertz CT molecular complexity index is 915. The highest BCUT2D eigenvalue weighted by atomic mass is 16.5. The van der Waals surface area contributed by atoms with Crippen LogP contribution in [0.5, 0.6) is 5.75 Å². The molecule has 1 aliphatic rings. The summed E-state index contributed by atoms with van der Waals surface area (Å²) in [5.41, 5.74) is 0.443. The average molecular weight is 412 g/mol. The average Bonchev–Trinajstić information content (AvgIpc) is 3.38. The maximum atomic E-state index is 12.9. The Labute approximate surface area is 176 Å². The Morgan fingerprint density at radius 2 is 1.97 bits per heavy atom. The minimum atomic E-state index is -0.761. The number of ether oxygens (including phenoxy) is 1. The minimum absolute atomic E-state index is 0.0334. The number of likely N-dealkylation sites (tertiary alicyclic amines) is 1. The van der Waals surface area contributed by atoms with Gasteiger partial charge in [-0.2, -0.15) is 0 Å². The van der Waals surface area contributed by atoms with Crippen LogP contribution in [0.2, 0.25) is 0 Å². The Balaban J connectivity index is 1.97. The summed E-state index contributed by atoms with van der Waals surface area (Å²) in [4.78, 5) is 29.5. The number of aliphatic hydroxyl groups excluding tert-OH is 1. The van der Waals surface area contributed by atoms with Gasteiger partial charge in [0.1, 0.15) is 23.3 Å². The predicted molar refractivity (Wildman–Crippen MR) is 113 cm³/mol. The number of amides is 1. The van der Waals surface area contributed by atoms with Crippen LogP contribution in [-0.4, -0.2) is 59.9 Å². The molecule has 1 aromatic carbocycles. The van der Waals surface area contributed by atoms with Crippen LogP contribution in [-0.2, 0) is 9.59 Å². The zero-order valence-electron chi connectivity index (χ0n) is 17.6. The molecule has 2 heterocycles. The smallest absolute Gasteiger partial charge is 0.295 e. The minimum Gasteiger partial charge on any atom is -0.507 e. The molecule has 2 aromatic rings. The number of Topliss-reactive ketones (excluding diaryl/α,β-unsaturated/α-hetero) is 1. The molecule has 7 nitrogen and oxygen atoms in total. The van der Waals surface area contributed by atoms with Gasteiger partial charge in [0.05, 0.1) is 18.9 Å². The highest BCUT2D eigenvalue weighted by molar-refractivity contribution is 6.46. The van der Waals surface area contributed by atoms with Gasteiger partial charge in [-0.3, -0.25) is 9.59 Å². The topological polar surface area (TPSA) is 83.2 Å². The van der Waals surface area contributed by atoms with Crippen molar-refractivity contribution < 1.29 is 23.8 Å². The first-order valence-electron chi connectivity index (χ1n) is 10.2. The molecule has 7 heteroatoms. The standard InChI is InChI=1S/C23H28N2O5/c1-4-24(5-2)12-8-13-25-20(18-11-7-14-30-18)19(22(27)23(25)28)21(26)16-9-6-10-17(15-16)29-3/h6-7,9-11,14-15,20,26H,4-5,8,12-13H2,1-3H3/b21-19+/t20-/m0/s1. The second-order valence-corrected chi connectivity index (χ2v) is 7.12. The summed E-state index contributed by atoms with van der Waals surface area (Å²) in [6.45, 7) is 7.23.